The number of hydrogen-bond donors (Lipinski definition) is 2. The van der Waals surface area contributed by atoms with Gasteiger partial charge in [0.05, 0.1) is 11.6 Å². The van der Waals surface area contributed by atoms with E-state index in [1.807, 2.05) is 0 Å². The summed E-state index contributed by atoms with van der Waals surface area (Å²) in [6.45, 7) is 10.1. The van der Waals surface area contributed by atoms with Crippen LogP contribution in [-0.4, -0.2) is 18.2 Å². The fourth-order valence-electron chi connectivity index (χ4n) is 4.68. The van der Waals surface area contributed by atoms with Gasteiger partial charge in [-0.05, 0) is 62.7 Å². The summed E-state index contributed by atoms with van der Waals surface area (Å²) in [5, 5.41) is 0. The molecule has 0 amide bonds. The lowest BCUT2D eigenvalue weighted by molar-refractivity contribution is -0.121. The van der Waals surface area contributed by atoms with Crippen molar-refractivity contribution in [3.05, 3.63) is 0 Å². The molecule has 21 heavy (non-hydrogen) atoms. The lowest BCUT2D eigenvalue weighted by Gasteiger charge is -2.50. The fourth-order valence-corrected chi connectivity index (χ4v) is 4.68. The van der Waals surface area contributed by atoms with E-state index in [9.17, 15) is 0 Å². The van der Waals surface area contributed by atoms with Gasteiger partial charge < -0.3 is 4.74 Å². The highest BCUT2D eigenvalue weighted by Gasteiger charge is 2.47. The van der Waals surface area contributed by atoms with Crippen LogP contribution < -0.4 is 11.3 Å². The standard InChI is InChI=1S/C18H36N2O/c1-5-21-18(11-9-17(3,4)10-12-18)16(20-19)15-8-6-7-14(2)13-15/h14-16,20H,5-13,19H2,1-4H3. The maximum absolute atomic E-state index is 6.36. The predicted molar refractivity (Wildman–Crippen MR) is 88.8 cm³/mol. The highest BCUT2D eigenvalue weighted by atomic mass is 16.5. The second-order valence-corrected chi connectivity index (χ2v) is 8.34. The Morgan fingerprint density at radius 3 is 2.38 bits per heavy atom. The molecule has 3 heteroatoms. The molecule has 0 heterocycles. The maximum Gasteiger partial charge on any atom is 0.0851 e. The smallest absolute Gasteiger partial charge is 0.0851 e. The van der Waals surface area contributed by atoms with Crippen LogP contribution in [0, 0.1) is 17.3 Å². The van der Waals surface area contributed by atoms with E-state index < -0.39 is 0 Å². The number of nitrogens with one attached hydrogen (secondary N) is 1. The number of nitrogens with two attached hydrogens (primary N) is 1. The number of ether oxygens (including phenoxy) is 1. The minimum atomic E-state index is -0.0409. The maximum atomic E-state index is 6.36. The van der Waals surface area contributed by atoms with E-state index in [-0.39, 0.29) is 5.60 Å². The summed E-state index contributed by atoms with van der Waals surface area (Å²) in [6, 6.07) is 0.316. The van der Waals surface area contributed by atoms with Gasteiger partial charge >= 0.3 is 0 Å². The van der Waals surface area contributed by atoms with E-state index in [0.29, 0.717) is 17.4 Å². The molecule has 2 saturated carbocycles. The molecule has 2 fully saturated rings. The van der Waals surface area contributed by atoms with Gasteiger partial charge in [0.15, 0.2) is 0 Å². The van der Waals surface area contributed by atoms with E-state index in [1.165, 1.54) is 38.5 Å². The molecule has 0 aromatic heterocycles. The van der Waals surface area contributed by atoms with Crippen LogP contribution in [0.25, 0.3) is 0 Å². The first-order chi connectivity index (χ1) is 9.92. The third kappa shape index (κ3) is 4.00. The van der Waals surface area contributed by atoms with Crippen LogP contribution in [-0.2, 0) is 4.74 Å². The molecule has 2 rings (SSSR count). The lowest BCUT2D eigenvalue weighted by atomic mass is 9.64. The summed E-state index contributed by atoms with van der Waals surface area (Å²) in [4.78, 5) is 0. The summed E-state index contributed by atoms with van der Waals surface area (Å²) >= 11 is 0. The second-order valence-electron chi connectivity index (χ2n) is 8.34. The van der Waals surface area contributed by atoms with Crippen LogP contribution in [0.3, 0.4) is 0 Å². The van der Waals surface area contributed by atoms with E-state index in [1.54, 1.807) is 0 Å². The third-order valence-corrected chi connectivity index (χ3v) is 6.08. The van der Waals surface area contributed by atoms with Crippen LogP contribution in [0.5, 0.6) is 0 Å². The zero-order chi connectivity index (χ0) is 15.5. The zero-order valence-electron chi connectivity index (χ0n) is 14.6. The van der Waals surface area contributed by atoms with Crippen LogP contribution in [0.2, 0.25) is 0 Å². The van der Waals surface area contributed by atoms with E-state index >= 15 is 0 Å². The van der Waals surface area contributed by atoms with Gasteiger partial charge in [0.25, 0.3) is 0 Å². The molecule has 3 unspecified atom stereocenters. The van der Waals surface area contributed by atoms with Crippen molar-refractivity contribution >= 4 is 0 Å². The topological polar surface area (TPSA) is 47.3 Å². The first-order valence-corrected chi connectivity index (χ1v) is 9.02. The van der Waals surface area contributed by atoms with E-state index in [0.717, 1.165) is 25.4 Å². The Morgan fingerprint density at radius 2 is 1.86 bits per heavy atom. The molecule has 3 atom stereocenters. The van der Waals surface area contributed by atoms with Gasteiger partial charge in [-0.3, -0.25) is 11.3 Å². The SMILES string of the molecule is CCOC1(C(NN)C2CCCC(C)C2)CCC(C)(C)CC1. The molecule has 0 aromatic rings. The average molecular weight is 296 g/mol. The summed E-state index contributed by atoms with van der Waals surface area (Å²) < 4.78 is 6.36. The Balaban J connectivity index is 2.14. The van der Waals surface area contributed by atoms with Crippen molar-refractivity contribution in [2.45, 2.75) is 90.7 Å². The van der Waals surface area contributed by atoms with Gasteiger partial charge in [0, 0.05) is 6.61 Å². The van der Waals surface area contributed by atoms with Crippen molar-refractivity contribution in [3.8, 4) is 0 Å². The second kappa shape index (κ2) is 6.97. The average Bonchev–Trinajstić information content (AvgIpc) is 2.43. The first-order valence-electron chi connectivity index (χ1n) is 9.02. The zero-order valence-corrected chi connectivity index (χ0v) is 14.6. The molecule has 2 aliphatic rings. The van der Waals surface area contributed by atoms with Crippen LogP contribution in [0.15, 0.2) is 0 Å². The molecule has 0 aromatic carbocycles. The molecular weight excluding hydrogens is 260 g/mol. The van der Waals surface area contributed by atoms with Gasteiger partial charge in [0.2, 0.25) is 0 Å². The molecule has 0 radical (unpaired) electrons. The van der Waals surface area contributed by atoms with Gasteiger partial charge in [-0.1, -0.05) is 33.6 Å². The van der Waals surface area contributed by atoms with Crippen molar-refractivity contribution < 1.29 is 4.74 Å². The molecule has 124 valence electrons. The monoisotopic (exact) mass is 296 g/mol. The molecule has 2 aliphatic carbocycles. The molecular formula is C18H36N2O. The van der Waals surface area contributed by atoms with Gasteiger partial charge in [-0.2, -0.15) is 0 Å². The van der Waals surface area contributed by atoms with Crippen LogP contribution in [0.4, 0.5) is 0 Å². The third-order valence-electron chi connectivity index (χ3n) is 6.08. The number of rotatable bonds is 5. The molecule has 3 N–H and O–H groups in total. The Bertz CT molecular complexity index is 319. The minimum Gasteiger partial charge on any atom is -0.374 e. The fraction of sp³-hybridized carbons (Fsp3) is 1.00. The first kappa shape index (κ1) is 17.2. The number of hydrogen-bond acceptors (Lipinski definition) is 3. The summed E-state index contributed by atoms with van der Waals surface area (Å²) in [7, 11) is 0. The molecule has 0 spiro atoms. The summed E-state index contributed by atoms with van der Waals surface area (Å²) in [6.07, 6.45) is 10.1. The highest BCUT2D eigenvalue weighted by Crippen LogP contribution is 2.46. The Morgan fingerprint density at radius 1 is 1.19 bits per heavy atom. The van der Waals surface area contributed by atoms with Crippen molar-refractivity contribution in [2.75, 3.05) is 6.61 Å². The van der Waals surface area contributed by atoms with Crippen molar-refractivity contribution in [1.82, 2.24) is 5.43 Å². The quantitative estimate of drug-likeness (QED) is 0.595. The predicted octanol–water partition coefficient (Wildman–Crippen LogP) is 4.02. The van der Waals surface area contributed by atoms with Crippen molar-refractivity contribution in [3.63, 3.8) is 0 Å². The van der Waals surface area contributed by atoms with Crippen molar-refractivity contribution in [1.29, 1.82) is 0 Å². The largest absolute Gasteiger partial charge is 0.374 e. The van der Waals surface area contributed by atoms with Gasteiger partial charge in [-0.25, -0.2) is 0 Å². The minimum absolute atomic E-state index is 0.0409. The van der Waals surface area contributed by atoms with Crippen LogP contribution >= 0.6 is 0 Å². The Labute approximate surface area is 131 Å². The molecule has 0 aliphatic heterocycles. The van der Waals surface area contributed by atoms with Crippen molar-refractivity contribution in [2.24, 2.45) is 23.1 Å². The molecule has 0 bridgehead atoms. The molecule has 0 saturated heterocycles. The van der Waals surface area contributed by atoms with Gasteiger partial charge in [0.1, 0.15) is 0 Å². The Kier molecular flexibility index (Phi) is 5.72. The van der Waals surface area contributed by atoms with E-state index in [2.05, 4.69) is 33.1 Å². The van der Waals surface area contributed by atoms with E-state index in [4.69, 9.17) is 10.6 Å². The highest BCUT2D eigenvalue weighted by molar-refractivity contribution is 5.01. The lowest BCUT2D eigenvalue weighted by Crippen LogP contribution is -2.60. The summed E-state index contributed by atoms with van der Waals surface area (Å²) in [5.41, 5.74) is 3.61. The summed E-state index contributed by atoms with van der Waals surface area (Å²) in [5.74, 6) is 7.54. The number of hydrazine groups is 1. The Hall–Kier alpha value is -0.120. The normalized spacial score (nSPS) is 33.6. The molecule has 3 nitrogen and oxygen atoms in total. The van der Waals surface area contributed by atoms with Gasteiger partial charge in [-0.15, -0.1) is 0 Å². The van der Waals surface area contributed by atoms with Crippen LogP contribution in [0.1, 0.15) is 79.1 Å².